The largest absolute Gasteiger partial charge is 0.357 e. The maximum Gasteiger partial charge on any atom is 0.117 e. The Morgan fingerprint density at radius 3 is 2.78 bits per heavy atom. The topological polar surface area (TPSA) is 15.6 Å². The van der Waals surface area contributed by atoms with E-state index in [0.717, 1.165) is 0 Å². The molecule has 1 atom stereocenters. The van der Waals surface area contributed by atoms with Crippen molar-refractivity contribution in [3.05, 3.63) is 11.8 Å². The van der Waals surface area contributed by atoms with Crippen molar-refractivity contribution >= 4 is 6.21 Å². The predicted octanol–water partition coefficient (Wildman–Crippen LogP) is 1.25. The van der Waals surface area contributed by atoms with Crippen LogP contribution in [0.4, 0.5) is 0 Å². The third-order valence-corrected chi connectivity index (χ3v) is 1.73. The van der Waals surface area contributed by atoms with E-state index in [1.165, 1.54) is 5.70 Å². The molecule has 0 N–H and O–H groups in total. The van der Waals surface area contributed by atoms with Gasteiger partial charge in [0.15, 0.2) is 0 Å². The normalized spacial score (nSPS) is 26.3. The number of allylic oxidation sites excluding steroid dienone is 2. The van der Waals surface area contributed by atoms with Crippen molar-refractivity contribution in [2.75, 3.05) is 7.05 Å². The molecule has 1 aliphatic heterocycles. The van der Waals surface area contributed by atoms with E-state index in [2.05, 4.69) is 23.7 Å². The highest BCUT2D eigenvalue weighted by molar-refractivity contribution is 5.72. The minimum Gasteiger partial charge on any atom is -0.357 e. The summed E-state index contributed by atoms with van der Waals surface area (Å²) in [6.45, 7) is 4.16. The Kier molecular flexibility index (Phi) is 1.56. The van der Waals surface area contributed by atoms with Gasteiger partial charge in [-0.3, -0.25) is 4.99 Å². The van der Waals surface area contributed by atoms with Gasteiger partial charge >= 0.3 is 0 Å². The molecule has 0 saturated carbocycles. The van der Waals surface area contributed by atoms with Crippen LogP contribution in [0.25, 0.3) is 0 Å². The van der Waals surface area contributed by atoms with Crippen molar-refractivity contribution in [3.63, 3.8) is 0 Å². The van der Waals surface area contributed by atoms with E-state index in [1.807, 2.05) is 19.3 Å². The Hall–Kier alpha value is -0.790. The summed E-state index contributed by atoms with van der Waals surface area (Å²) in [5.41, 5.74) is 1.28. The minimum atomic E-state index is 0.315. The van der Waals surface area contributed by atoms with Gasteiger partial charge in [0.1, 0.15) is 6.17 Å². The van der Waals surface area contributed by atoms with Crippen molar-refractivity contribution in [1.82, 2.24) is 4.90 Å². The molecule has 50 valence electrons. The number of aliphatic imine (C=N–C) groups is 1. The molecule has 0 aromatic carbocycles. The molecule has 1 heterocycles. The van der Waals surface area contributed by atoms with Crippen LogP contribution in [0, 0.1) is 0 Å². The van der Waals surface area contributed by atoms with E-state index >= 15 is 0 Å². The molecule has 0 amide bonds. The summed E-state index contributed by atoms with van der Waals surface area (Å²) in [7, 11) is 2.05. The standard InChI is InChI=1S/C7H12N2/c1-6-4-5-8-7(2)9(6)3/h4-5,7H,1-3H3. The summed E-state index contributed by atoms with van der Waals surface area (Å²) >= 11 is 0. The van der Waals surface area contributed by atoms with Crippen molar-refractivity contribution < 1.29 is 0 Å². The fourth-order valence-electron chi connectivity index (χ4n) is 0.788. The van der Waals surface area contributed by atoms with Crippen molar-refractivity contribution in [1.29, 1.82) is 0 Å². The molecule has 9 heavy (non-hydrogen) atoms. The molecule has 0 aromatic rings. The van der Waals surface area contributed by atoms with Crippen LogP contribution in [0.5, 0.6) is 0 Å². The van der Waals surface area contributed by atoms with E-state index in [0.29, 0.717) is 6.17 Å². The molecule has 0 spiro atoms. The van der Waals surface area contributed by atoms with Crippen LogP contribution < -0.4 is 0 Å². The zero-order valence-corrected chi connectivity index (χ0v) is 6.13. The monoisotopic (exact) mass is 124 g/mol. The van der Waals surface area contributed by atoms with Gasteiger partial charge in [0.05, 0.1) is 0 Å². The highest BCUT2D eigenvalue weighted by atomic mass is 15.2. The molecule has 0 saturated heterocycles. The lowest BCUT2D eigenvalue weighted by Crippen LogP contribution is -2.27. The number of rotatable bonds is 0. The second-order valence-electron chi connectivity index (χ2n) is 2.35. The first-order valence-electron chi connectivity index (χ1n) is 3.14. The Morgan fingerprint density at radius 1 is 1.67 bits per heavy atom. The van der Waals surface area contributed by atoms with Crippen LogP contribution in [0.1, 0.15) is 13.8 Å². The molecule has 0 aromatic heterocycles. The Labute approximate surface area is 55.9 Å². The molecule has 0 radical (unpaired) electrons. The van der Waals surface area contributed by atoms with Gasteiger partial charge in [-0.15, -0.1) is 0 Å². The van der Waals surface area contributed by atoms with Gasteiger partial charge in [0, 0.05) is 19.0 Å². The van der Waals surface area contributed by atoms with Gasteiger partial charge in [0.2, 0.25) is 0 Å². The van der Waals surface area contributed by atoms with E-state index in [1.54, 1.807) is 0 Å². The second kappa shape index (κ2) is 2.21. The van der Waals surface area contributed by atoms with E-state index < -0.39 is 0 Å². The lowest BCUT2D eigenvalue weighted by atomic mass is 10.3. The average Bonchev–Trinajstić information content (AvgIpc) is 1.83. The lowest BCUT2D eigenvalue weighted by Gasteiger charge is -2.26. The first-order valence-corrected chi connectivity index (χ1v) is 3.14. The van der Waals surface area contributed by atoms with Gasteiger partial charge in [-0.05, 0) is 19.9 Å². The van der Waals surface area contributed by atoms with Crippen LogP contribution in [0.3, 0.4) is 0 Å². The maximum atomic E-state index is 4.19. The van der Waals surface area contributed by atoms with Crippen LogP contribution in [-0.2, 0) is 0 Å². The summed E-state index contributed by atoms with van der Waals surface area (Å²) in [5.74, 6) is 0. The SMILES string of the molecule is CC1=CC=NC(C)N1C. The van der Waals surface area contributed by atoms with Crippen molar-refractivity contribution in [2.45, 2.75) is 20.0 Å². The third kappa shape index (κ3) is 1.12. The number of hydrogen-bond donors (Lipinski definition) is 0. The number of hydrogen-bond acceptors (Lipinski definition) is 2. The third-order valence-electron chi connectivity index (χ3n) is 1.73. The fraction of sp³-hybridized carbons (Fsp3) is 0.571. The molecule has 2 nitrogen and oxygen atoms in total. The van der Waals surface area contributed by atoms with Crippen LogP contribution in [0.2, 0.25) is 0 Å². The van der Waals surface area contributed by atoms with Crippen LogP contribution in [-0.4, -0.2) is 24.3 Å². The van der Waals surface area contributed by atoms with E-state index in [-0.39, 0.29) is 0 Å². The first kappa shape index (κ1) is 6.33. The second-order valence-corrected chi connectivity index (χ2v) is 2.35. The summed E-state index contributed by atoms with van der Waals surface area (Å²) in [6.07, 6.45) is 4.19. The van der Waals surface area contributed by atoms with Gasteiger partial charge in [-0.2, -0.15) is 0 Å². The lowest BCUT2D eigenvalue weighted by molar-refractivity contribution is 0.330. The minimum absolute atomic E-state index is 0.315. The smallest absolute Gasteiger partial charge is 0.117 e. The summed E-state index contributed by atoms with van der Waals surface area (Å²) in [5, 5.41) is 0. The van der Waals surface area contributed by atoms with Gasteiger partial charge in [0.25, 0.3) is 0 Å². The highest BCUT2D eigenvalue weighted by Gasteiger charge is 2.08. The van der Waals surface area contributed by atoms with Gasteiger partial charge in [-0.1, -0.05) is 0 Å². The Bertz CT molecular complexity index is 158. The van der Waals surface area contributed by atoms with E-state index in [4.69, 9.17) is 0 Å². The highest BCUT2D eigenvalue weighted by Crippen LogP contribution is 2.09. The predicted molar refractivity (Wildman–Crippen MR) is 39.5 cm³/mol. The fourth-order valence-corrected chi connectivity index (χ4v) is 0.788. The Morgan fingerprint density at radius 2 is 2.33 bits per heavy atom. The molecule has 1 aliphatic rings. The number of nitrogens with zero attached hydrogens (tertiary/aromatic N) is 2. The van der Waals surface area contributed by atoms with Crippen LogP contribution >= 0.6 is 0 Å². The summed E-state index contributed by atoms with van der Waals surface area (Å²) in [6, 6.07) is 0. The summed E-state index contributed by atoms with van der Waals surface area (Å²) in [4.78, 5) is 6.32. The molecule has 0 fully saturated rings. The van der Waals surface area contributed by atoms with Crippen molar-refractivity contribution in [2.24, 2.45) is 4.99 Å². The molecule has 2 heteroatoms. The Balaban J connectivity index is 2.73. The van der Waals surface area contributed by atoms with Gasteiger partial charge < -0.3 is 4.90 Å². The van der Waals surface area contributed by atoms with Gasteiger partial charge in [-0.25, -0.2) is 0 Å². The molecule has 0 aliphatic carbocycles. The molecular weight excluding hydrogens is 112 g/mol. The first-order chi connectivity index (χ1) is 4.22. The zero-order valence-electron chi connectivity index (χ0n) is 6.13. The molecule has 0 bridgehead atoms. The average molecular weight is 124 g/mol. The molecule has 1 rings (SSSR count). The van der Waals surface area contributed by atoms with Crippen molar-refractivity contribution in [3.8, 4) is 0 Å². The quantitative estimate of drug-likeness (QED) is 0.474. The molecule has 1 unspecified atom stereocenters. The molecular formula is C7H12N2. The van der Waals surface area contributed by atoms with Crippen LogP contribution in [0.15, 0.2) is 16.8 Å². The van der Waals surface area contributed by atoms with E-state index in [9.17, 15) is 0 Å². The summed E-state index contributed by atoms with van der Waals surface area (Å²) < 4.78 is 0. The zero-order chi connectivity index (χ0) is 6.85. The maximum absolute atomic E-state index is 4.19.